The number of halogens is 2. The van der Waals surface area contributed by atoms with Crippen molar-refractivity contribution >= 4 is 17.5 Å². The molecule has 0 unspecified atom stereocenters. The molecule has 88 valence electrons. The zero-order valence-corrected chi connectivity index (χ0v) is 8.99. The molecule has 0 atom stereocenters. The SMILES string of the molecule is NC(=O)c1n[nH]nc1-c1cc(F)c(O)c(Cl)c1. The van der Waals surface area contributed by atoms with E-state index in [0.717, 1.165) is 6.07 Å². The summed E-state index contributed by atoms with van der Waals surface area (Å²) in [5, 5.41) is 18.4. The number of rotatable bonds is 2. The van der Waals surface area contributed by atoms with E-state index in [1.807, 2.05) is 0 Å². The summed E-state index contributed by atoms with van der Waals surface area (Å²) in [6, 6.07) is 2.23. The fourth-order valence-corrected chi connectivity index (χ4v) is 1.51. The van der Waals surface area contributed by atoms with Gasteiger partial charge in [-0.1, -0.05) is 11.6 Å². The maximum Gasteiger partial charge on any atom is 0.271 e. The number of nitrogens with one attached hydrogen (secondary N) is 1. The Hall–Kier alpha value is -2.15. The maximum atomic E-state index is 13.3. The van der Waals surface area contributed by atoms with Crippen LogP contribution in [0.3, 0.4) is 0 Å². The third-order valence-corrected chi connectivity index (χ3v) is 2.36. The zero-order chi connectivity index (χ0) is 12.6. The third kappa shape index (κ3) is 1.92. The molecule has 6 nitrogen and oxygen atoms in total. The van der Waals surface area contributed by atoms with Gasteiger partial charge in [0.2, 0.25) is 0 Å². The average Bonchev–Trinajstić information content (AvgIpc) is 2.74. The quantitative estimate of drug-likeness (QED) is 0.747. The summed E-state index contributed by atoms with van der Waals surface area (Å²) in [6.45, 7) is 0. The monoisotopic (exact) mass is 256 g/mol. The molecule has 0 saturated carbocycles. The number of nitrogens with zero attached hydrogens (tertiary/aromatic N) is 2. The van der Waals surface area contributed by atoms with Crippen LogP contribution in [0.4, 0.5) is 4.39 Å². The Kier molecular flexibility index (Phi) is 2.68. The number of nitrogens with two attached hydrogens (primary N) is 1. The number of carbonyl (C=O) groups is 1. The molecule has 2 rings (SSSR count). The molecule has 1 aromatic heterocycles. The lowest BCUT2D eigenvalue weighted by Gasteiger charge is -2.02. The van der Waals surface area contributed by atoms with Crippen LogP contribution in [-0.2, 0) is 0 Å². The highest BCUT2D eigenvalue weighted by Crippen LogP contribution is 2.32. The summed E-state index contributed by atoms with van der Waals surface area (Å²) in [5.41, 5.74) is 5.19. The molecule has 4 N–H and O–H groups in total. The maximum absolute atomic E-state index is 13.3. The van der Waals surface area contributed by atoms with Crippen LogP contribution in [0.25, 0.3) is 11.3 Å². The number of amides is 1. The van der Waals surface area contributed by atoms with Crippen LogP contribution in [0.15, 0.2) is 12.1 Å². The van der Waals surface area contributed by atoms with Crippen LogP contribution >= 0.6 is 11.6 Å². The molecular weight excluding hydrogens is 251 g/mol. The molecule has 0 radical (unpaired) electrons. The highest BCUT2D eigenvalue weighted by Gasteiger charge is 2.18. The first kappa shape index (κ1) is 11.3. The number of aromatic amines is 1. The van der Waals surface area contributed by atoms with Crippen LogP contribution in [-0.4, -0.2) is 26.4 Å². The number of primary amides is 1. The average molecular weight is 257 g/mol. The van der Waals surface area contributed by atoms with Crippen molar-refractivity contribution in [3.63, 3.8) is 0 Å². The van der Waals surface area contributed by atoms with E-state index in [4.69, 9.17) is 22.4 Å². The number of aromatic hydroxyl groups is 1. The molecule has 17 heavy (non-hydrogen) atoms. The third-order valence-electron chi connectivity index (χ3n) is 2.07. The molecule has 0 aliphatic rings. The standard InChI is InChI=1S/C9H6ClFN4O2/c10-4-1-3(2-5(11)8(4)16)6-7(9(12)17)14-15-13-6/h1-2,16H,(H2,12,17)(H,13,14,15). The largest absolute Gasteiger partial charge is 0.504 e. The van der Waals surface area contributed by atoms with E-state index in [0.29, 0.717) is 0 Å². The molecular formula is C9H6ClFN4O2. The van der Waals surface area contributed by atoms with E-state index in [9.17, 15) is 9.18 Å². The van der Waals surface area contributed by atoms with Gasteiger partial charge in [-0.2, -0.15) is 15.4 Å². The molecule has 8 heteroatoms. The molecule has 0 bridgehead atoms. The molecule has 0 fully saturated rings. The van der Waals surface area contributed by atoms with E-state index in [-0.39, 0.29) is 22.0 Å². The lowest BCUT2D eigenvalue weighted by molar-refractivity contribution is 0.0996. The molecule has 0 saturated heterocycles. The minimum atomic E-state index is -0.925. The Morgan fingerprint density at radius 3 is 2.76 bits per heavy atom. The zero-order valence-electron chi connectivity index (χ0n) is 8.24. The number of aromatic nitrogens is 3. The number of H-pyrrole nitrogens is 1. The van der Waals surface area contributed by atoms with Crippen molar-refractivity contribution in [2.75, 3.05) is 0 Å². The van der Waals surface area contributed by atoms with Gasteiger partial charge < -0.3 is 10.8 Å². The van der Waals surface area contributed by atoms with Gasteiger partial charge in [-0.05, 0) is 12.1 Å². The summed E-state index contributed by atoms with van der Waals surface area (Å²) in [5.74, 6) is -2.40. The van der Waals surface area contributed by atoms with Crippen LogP contribution < -0.4 is 5.73 Å². The van der Waals surface area contributed by atoms with Crippen molar-refractivity contribution in [3.8, 4) is 17.0 Å². The number of phenolic OH excluding ortho intramolecular Hbond substituents is 1. The van der Waals surface area contributed by atoms with Crippen LogP contribution in [0.2, 0.25) is 5.02 Å². The Bertz CT molecular complexity index is 575. The van der Waals surface area contributed by atoms with E-state index in [2.05, 4.69) is 15.4 Å². The van der Waals surface area contributed by atoms with E-state index in [1.54, 1.807) is 0 Å². The van der Waals surface area contributed by atoms with Crippen LogP contribution in [0.1, 0.15) is 10.5 Å². The van der Waals surface area contributed by atoms with Crippen molar-refractivity contribution in [1.29, 1.82) is 0 Å². The number of hydrogen-bond acceptors (Lipinski definition) is 4. The van der Waals surface area contributed by atoms with Crippen LogP contribution in [0, 0.1) is 5.82 Å². The molecule has 0 spiro atoms. The van der Waals surface area contributed by atoms with Gasteiger partial charge in [0.25, 0.3) is 5.91 Å². The Morgan fingerprint density at radius 2 is 2.18 bits per heavy atom. The minimum absolute atomic E-state index is 0.0679. The molecule has 0 aliphatic heterocycles. The summed E-state index contributed by atoms with van der Waals surface area (Å²) >= 11 is 5.60. The first-order valence-corrected chi connectivity index (χ1v) is 4.77. The molecule has 1 amide bonds. The smallest absolute Gasteiger partial charge is 0.271 e. The van der Waals surface area contributed by atoms with Crippen molar-refractivity contribution in [3.05, 3.63) is 28.7 Å². The Labute approximate surface area is 99.2 Å². The second kappa shape index (κ2) is 4.02. The van der Waals surface area contributed by atoms with Gasteiger partial charge in [0.05, 0.1) is 5.02 Å². The molecule has 1 aromatic carbocycles. The van der Waals surface area contributed by atoms with Crippen molar-refractivity contribution in [1.82, 2.24) is 15.4 Å². The minimum Gasteiger partial charge on any atom is -0.504 e. The predicted octanol–water partition coefficient (Wildman–Crippen LogP) is 1.07. The topological polar surface area (TPSA) is 105 Å². The van der Waals surface area contributed by atoms with Crippen molar-refractivity contribution in [2.24, 2.45) is 5.73 Å². The summed E-state index contributed by atoms with van der Waals surface area (Å²) in [4.78, 5) is 11.0. The Morgan fingerprint density at radius 1 is 1.47 bits per heavy atom. The number of benzene rings is 1. The fourth-order valence-electron chi connectivity index (χ4n) is 1.31. The summed E-state index contributed by atoms with van der Waals surface area (Å²) in [7, 11) is 0. The summed E-state index contributed by atoms with van der Waals surface area (Å²) in [6.07, 6.45) is 0. The van der Waals surface area contributed by atoms with Gasteiger partial charge in [-0.15, -0.1) is 0 Å². The second-order valence-electron chi connectivity index (χ2n) is 3.17. The van der Waals surface area contributed by atoms with Crippen molar-refractivity contribution in [2.45, 2.75) is 0 Å². The number of phenols is 1. The molecule has 1 heterocycles. The van der Waals surface area contributed by atoms with Gasteiger partial charge in [0, 0.05) is 5.56 Å². The summed E-state index contributed by atoms with van der Waals surface area (Å²) < 4.78 is 13.3. The normalized spacial score (nSPS) is 10.5. The van der Waals surface area contributed by atoms with Gasteiger partial charge in [0.15, 0.2) is 17.3 Å². The van der Waals surface area contributed by atoms with Crippen LogP contribution in [0.5, 0.6) is 5.75 Å². The number of carbonyl (C=O) groups excluding carboxylic acids is 1. The molecule has 0 aliphatic carbocycles. The Balaban J connectivity index is 2.61. The second-order valence-corrected chi connectivity index (χ2v) is 3.58. The predicted molar refractivity (Wildman–Crippen MR) is 57.0 cm³/mol. The molecule has 2 aromatic rings. The van der Waals surface area contributed by atoms with Crippen molar-refractivity contribution < 1.29 is 14.3 Å². The van der Waals surface area contributed by atoms with E-state index >= 15 is 0 Å². The lowest BCUT2D eigenvalue weighted by Crippen LogP contribution is -2.12. The van der Waals surface area contributed by atoms with E-state index in [1.165, 1.54) is 6.07 Å². The first-order chi connectivity index (χ1) is 8.00. The highest BCUT2D eigenvalue weighted by atomic mass is 35.5. The van der Waals surface area contributed by atoms with Gasteiger partial charge in [0.1, 0.15) is 5.69 Å². The van der Waals surface area contributed by atoms with Gasteiger partial charge >= 0.3 is 0 Å². The fraction of sp³-hybridized carbons (Fsp3) is 0. The lowest BCUT2D eigenvalue weighted by atomic mass is 10.1. The first-order valence-electron chi connectivity index (χ1n) is 4.39. The number of hydrogen-bond donors (Lipinski definition) is 3. The van der Waals surface area contributed by atoms with Gasteiger partial charge in [-0.25, -0.2) is 4.39 Å². The highest BCUT2D eigenvalue weighted by molar-refractivity contribution is 6.32. The van der Waals surface area contributed by atoms with Gasteiger partial charge in [-0.3, -0.25) is 4.79 Å². The van der Waals surface area contributed by atoms with E-state index < -0.39 is 17.5 Å².